The van der Waals surface area contributed by atoms with Gasteiger partial charge in [0.05, 0.1) is 0 Å². The Labute approximate surface area is 123 Å². The van der Waals surface area contributed by atoms with Crippen molar-refractivity contribution in [3.8, 4) is 0 Å². The number of nitrogen functional groups attached to an aromatic ring is 1. The van der Waals surface area contributed by atoms with Crippen LogP contribution < -0.4 is 11.3 Å². The number of nitrogens with one attached hydrogen (secondary N) is 1. The fourth-order valence-electron chi connectivity index (χ4n) is 1.12. The van der Waals surface area contributed by atoms with Crippen molar-refractivity contribution >= 4 is 17.3 Å². The van der Waals surface area contributed by atoms with Crippen LogP contribution in [0.15, 0.2) is 18.2 Å². The highest BCUT2D eigenvalue weighted by Crippen LogP contribution is 2.15. The first-order chi connectivity index (χ1) is 9.54. The summed E-state index contributed by atoms with van der Waals surface area (Å²) in [4.78, 5) is 22.2. The summed E-state index contributed by atoms with van der Waals surface area (Å²) in [6.45, 7) is 14.9. The molecule has 4 nitrogen and oxygen atoms in total. The third-order valence-electron chi connectivity index (χ3n) is 1.91. The van der Waals surface area contributed by atoms with E-state index in [2.05, 4.69) is 5.43 Å². The number of hydrazine groups is 1. The zero-order valence-corrected chi connectivity index (χ0v) is 14.1. The predicted octanol–water partition coefficient (Wildman–Crippen LogP) is 4.46. The van der Waals surface area contributed by atoms with Crippen LogP contribution in [0.2, 0.25) is 0 Å². The van der Waals surface area contributed by atoms with Crippen molar-refractivity contribution in [1.29, 1.82) is 0 Å². The van der Waals surface area contributed by atoms with Crippen LogP contribution in [0.25, 0.3) is 0 Å². The van der Waals surface area contributed by atoms with E-state index < -0.39 is 0 Å². The van der Waals surface area contributed by atoms with E-state index in [4.69, 9.17) is 5.84 Å². The molecule has 0 aliphatic carbocycles. The first-order valence-electron chi connectivity index (χ1n) is 7.18. The van der Waals surface area contributed by atoms with Crippen molar-refractivity contribution in [2.45, 2.75) is 55.4 Å². The molecule has 0 unspecified atom stereocenters. The van der Waals surface area contributed by atoms with E-state index in [0.717, 1.165) is 0 Å². The summed E-state index contributed by atoms with van der Waals surface area (Å²) in [5, 5.41) is 0. The van der Waals surface area contributed by atoms with Gasteiger partial charge in [0.25, 0.3) is 0 Å². The van der Waals surface area contributed by atoms with Crippen LogP contribution in [-0.4, -0.2) is 11.6 Å². The maximum Gasteiger partial charge on any atom is 0.159 e. The molecule has 1 aromatic rings. The molecule has 0 atom stereocenters. The zero-order chi connectivity index (χ0) is 16.7. The molecule has 1 aromatic carbocycles. The Morgan fingerprint density at radius 3 is 1.30 bits per heavy atom. The molecule has 116 valence electrons. The second-order valence-electron chi connectivity index (χ2n) is 3.06. The van der Waals surface area contributed by atoms with Gasteiger partial charge in [-0.1, -0.05) is 41.5 Å². The molecule has 0 aliphatic rings. The number of rotatable bonds is 3. The van der Waals surface area contributed by atoms with E-state index in [0.29, 0.717) is 16.8 Å². The molecule has 0 saturated heterocycles. The molecule has 0 bridgehead atoms. The van der Waals surface area contributed by atoms with Crippen molar-refractivity contribution in [1.82, 2.24) is 0 Å². The highest BCUT2D eigenvalue weighted by Gasteiger charge is 2.06. The normalized spacial score (nSPS) is 7.65. The molecule has 0 saturated carbocycles. The average molecular weight is 282 g/mol. The van der Waals surface area contributed by atoms with Crippen LogP contribution in [0.5, 0.6) is 0 Å². The molecule has 0 aliphatic heterocycles. The monoisotopic (exact) mass is 282 g/mol. The third kappa shape index (κ3) is 9.28. The lowest BCUT2D eigenvalue weighted by molar-refractivity contribution is 0.101. The summed E-state index contributed by atoms with van der Waals surface area (Å²) in [5.41, 5.74) is 3.93. The van der Waals surface area contributed by atoms with Gasteiger partial charge >= 0.3 is 0 Å². The van der Waals surface area contributed by atoms with Gasteiger partial charge in [0.2, 0.25) is 0 Å². The average Bonchev–Trinajstić information content (AvgIpc) is 2.52. The maximum atomic E-state index is 11.1. The van der Waals surface area contributed by atoms with Gasteiger partial charge in [-0.05, 0) is 32.0 Å². The van der Waals surface area contributed by atoms with Crippen molar-refractivity contribution in [3.63, 3.8) is 0 Å². The zero-order valence-electron chi connectivity index (χ0n) is 14.1. The van der Waals surface area contributed by atoms with Gasteiger partial charge in [-0.15, -0.1) is 0 Å². The van der Waals surface area contributed by atoms with Crippen LogP contribution in [0, 0.1) is 0 Å². The van der Waals surface area contributed by atoms with Crippen molar-refractivity contribution in [2.75, 3.05) is 5.43 Å². The highest BCUT2D eigenvalue weighted by atomic mass is 16.1. The largest absolute Gasteiger partial charge is 0.324 e. The summed E-state index contributed by atoms with van der Waals surface area (Å²) >= 11 is 0. The molecule has 1 rings (SSSR count). The second kappa shape index (κ2) is 15.4. The van der Waals surface area contributed by atoms with Crippen LogP contribution >= 0.6 is 0 Å². The van der Waals surface area contributed by atoms with Gasteiger partial charge in [0.15, 0.2) is 11.6 Å². The molecule has 0 fully saturated rings. The van der Waals surface area contributed by atoms with Gasteiger partial charge in [0, 0.05) is 16.8 Å². The summed E-state index contributed by atoms with van der Waals surface area (Å²) in [7, 11) is 0. The number of Topliss-reactive ketones (excluding diaryl/α,β-unsaturated/α-hetero) is 2. The standard InChI is InChI=1S/C10H12N2O2.3C2H6/c1-6(13)8-3-9(7(2)14)5-10(4-8)12-11;3*1-2/h3-5,12H,11H2,1-2H3;3*1-2H3. The molecule has 3 N–H and O–H groups in total. The molecular weight excluding hydrogens is 252 g/mol. The number of carbonyl (C=O) groups excluding carboxylic acids is 2. The number of anilines is 1. The minimum atomic E-state index is -0.0930. The van der Waals surface area contributed by atoms with Gasteiger partial charge in [0.1, 0.15) is 0 Å². The number of hydrogen-bond acceptors (Lipinski definition) is 4. The van der Waals surface area contributed by atoms with Gasteiger partial charge in [-0.25, -0.2) is 0 Å². The quantitative estimate of drug-likeness (QED) is 0.488. The Kier molecular flexibility index (Phi) is 18.0. The Morgan fingerprint density at radius 2 is 1.10 bits per heavy atom. The molecule has 0 heterocycles. The summed E-state index contributed by atoms with van der Waals surface area (Å²) in [6.07, 6.45) is 0. The minimum absolute atomic E-state index is 0.0930. The van der Waals surface area contributed by atoms with E-state index in [1.807, 2.05) is 41.5 Å². The van der Waals surface area contributed by atoms with Crippen LogP contribution in [-0.2, 0) is 0 Å². The first-order valence-corrected chi connectivity index (χ1v) is 7.18. The van der Waals surface area contributed by atoms with E-state index in [9.17, 15) is 9.59 Å². The number of hydrogen-bond donors (Lipinski definition) is 2. The molecule has 0 aromatic heterocycles. The Morgan fingerprint density at radius 1 is 0.800 bits per heavy atom. The van der Waals surface area contributed by atoms with Crippen molar-refractivity contribution in [3.05, 3.63) is 29.3 Å². The van der Waals surface area contributed by atoms with Gasteiger partial charge in [-0.2, -0.15) is 0 Å². The van der Waals surface area contributed by atoms with Gasteiger partial charge in [-0.3, -0.25) is 15.4 Å². The van der Waals surface area contributed by atoms with Crippen LogP contribution in [0.4, 0.5) is 5.69 Å². The number of nitrogens with two attached hydrogens (primary N) is 1. The third-order valence-corrected chi connectivity index (χ3v) is 1.91. The summed E-state index contributed by atoms with van der Waals surface area (Å²) < 4.78 is 0. The highest BCUT2D eigenvalue weighted by molar-refractivity contribution is 6.00. The molecule has 4 heteroatoms. The lowest BCUT2D eigenvalue weighted by atomic mass is 10.0. The van der Waals surface area contributed by atoms with Crippen LogP contribution in [0.1, 0.15) is 76.1 Å². The lowest BCUT2D eigenvalue weighted by Crippen LogP contribution is -2.09. The Hall–Kier alpha value is -1.68. The Balaban J connectivity index is -0.000000425. The van der Waals surface area contributed by atoms with E-state index in [-0.39, 0.29) is 11.6 Å². The molecule has 0 spiro atoms. The molecule has 0 amide bonds. The minimum Gasteiger partial charge on any atom is -0.324 e. The van der Waals surface area contributed by atoms with E-state index >= 15 is 0 Å². The molecular formula is C16H30N2O2. The summed E-state index contributed by atoms with van der Waals surface area (Å²) in [6, 6.07) is 4.77. The van der Waals surface area contributed by atoms with Crippen molar-refractivity contribution in [2.24, 2.45) is 5.84 Å². The smallest absolute Gasteiger partial charge is 0.159 e. The second-order valence-corrected chi connectivity index (χ2v) is 3.06. The van der Waals surface area contributed by atoms with Gasteiger partial charge < -0.3 is 5.43 Å². The number of carbonyl (C=O) groups is 2. The Bertz CT molecular complexity index is 356. The topological polar surface area (TPSA) is 72.2 Å². The van der Waals surface area contributed by atoms with E-state index in [1.54, 1.807) is 18.2 Å². The predicted molar refractivity (Wildman–Crippen MR) is 88.3 cm³/mol. The van der Waals surface area contributed by atoms with Crippen LogP contribution in [0.3, 0.4) is 0 Å². The van der Waals surface area contributed by atoms with Crippen molar-refractivity contribution < 1.29 is 9.59 Å². The first kappa shape index (κ1) is 23.4. The number of ketones is 2. The lowest BCUT2D eigenvalue weighted by Gasteiger charge is -2.05. The molecule has 20 heavy (non-hydrogen) atoms. The molecule has 0 radical (unpaired) electrons. The maximum absolute atomic E-state index is 11.1. The SMILES string of the molecule is CC.CC.CC.CC(=O)c1cc(NN)cc(C(C)=O)c1. The number of benzene rings is 1. The summed E-state index contributed by atoms with van der Waals surface area (Å²) in [5.74, 6) is 5.03. The fourth-order valence-corrected chi connectivity index (χ4v) is 1.12. The van der Waals surface area contributed by atoms with E-state index in [1.165, 1.54) is 13.8 Å². The fraction of sp³-hybridized carbons (Fsp3) is 0.500.